The topological polar surface area (TPSA) is 73.9 Å². The van der Waals surface area contributed by atoms with Crippen molar-refractivity contribution in [3.63, 3.8) is 0 Å². The molecule has 1 aliphatic rings. The number of nitrogens with zero attached hydrogens (tertiary/aromatic N) is 7. The van der Waals surface area contributed by atoms with Gasteiger partial charge in [0.25, 0.3) is 0 Å². The fraction of sp³-hybridized carbons (Fsp3) is 0.250. The van der Waals surface area contributed by atoms with Gasteiger partial charge in [-0.15, -0.1) is 0 Å². The first-order valence-electron chi connectivity index (χ1n) is 10.5. The zero-order valence-electron chi connectivity index (χ0n) is 17.2. The van der Waals surface area contributed by atoms with Crippen LogP contribution in [0.2, 0.25) is 0 Å². The van der Waals surface area contributed by atoms with Crippen molar-refractivity contribution in [2.45, 2.75) is 13.0 Å². The first-order valence-corrected chi connectivity index (χ1v) is 10.5. The number of benzene rings is 2. The van der Waals surface area contributed by atoms with E-state index in [0.29, 0.717) is 5.56 Å². The molecule has 31 heavy (non-hydrogen) atoms. The Balaban J connectivity index is 1.34. The highest BCUT2D eigenvalue weighted by Crippen LogP contribution is 2.25. The molecule has 0 bridgehead atoms. The first kappa shape index (κ1) is 19.2. The van der Waals surface area contributed by atoms with Gasteiger partial charge in [0.1, 0.15) is 12.1 Å². The van der Waals surface area contributed by atoms with Crippen LogP contribution in [0.5, 0.6) is 0 Å². The van der Waals surface area contributed by atoms with Gasteiger partial charge in [-0.2, -0.15) is 10.4 Å². The maximum atomic E-state index is 8.98. The van der Waals surface area contributed by atoms with E-state index >= 15 is 0 Å². The molecule has 0 radical (unpaired) electrons. The van der Waals surface area contributed by atoms with Crippen molar-refractivity contribution in [3.05, 3.63) is 78.2 Å². The maximum absolute atomic E-state index is 8.98. The lowest BCUT2D eigenvalue weighted by molar-refractivity contribution is 0.285. The SMILES string of the molecule is N#Cc1ccc(CN2CCCN(c3ncnc4c3cnn4-c3ccccc3)CC2)cc1. The first-order chi connectivity index (χ1) is 15.3. The van der Waals surface area contributed by atoms with Gasteiger partial charge in [0.05, 0.1) is 28.9 Å². The molecule has 0 atom stereocenters. The van der Waals surface area contributed by atoms with Gasteiger partial charge in [-0.25, -0.2) is 14.6 Å². The zero-order valence-corrected chi connectivity index (χ0v) is 17.2. The summed E-state index contributed by atoms with van der Waals surface area (Å²) >= 11 is 0. The molecule has 2 aromatic carbocycles. The number of rotatable bonds is 4. The second-order valence-corrected chi connectivity index (χ2v) is 7.75. The largest absolute Gasteiger partial charge is 0.355 e. The van der Waals surface area contributed by atoms with Gasteiger partial charge in [-0.3, -0.25) is 4.90 Å². The quantitative estimate of drug-likeness (QED) is 0.514. The van der Waals surface area contributed by atoms with Gasteiger partial charge in [-0.05, 0) is 36.2 Å². The summed E-state index contributed by atoms with van der Waals surface area (Å²) in [6.07, 6.45) is 4.57. The van der Waals surface area contributed by atoms with Crippen molar-refractivity contribution < 1.29 is 0 Å². The molecule has 0 aliphatic carbocycles. The normalized spacial score (nSPS) is 15.0. The van der Waals surface area contributed by atoms with Gasteiger partial charge in [0.15, 0.2) is 5.65 Å². The van der Waals surface area contributed by atoms with Gasteiger partial charge in [0.2, 0.25) is 0 Å². The van der Waals surface area contributed by atoms with Crippen LogP contribution in [0.25, 0.3) is 16.7 Å². The molecule has 1 saturated heterocycles. The molecular formula is C24H23N7. The number of para-hydroxylation sites is 1. The van der Waals surface area contributed by atoms with E-state index in [2.05, 4.69) is 30.9 Å². The van der Waals surface area contributed by atoms with Crippen LogP contribution in [0.1, 0.15) is 17.5 Å². The summed E-state index contributed by atoms with van der Waals surface area (Å²) in [6.45, 7) is 4.74. The Hall–Kier alpha value is -3.76. The third-order valence-electron chi connectivity index (χ3n) is 5.72. The van der Waals surface area contributed by atoms with E-state index in [9.17, 15) is 0 Å². The molecule has 0 amide bonds. The molecule has 154 valence electrons. The molecule has 1 aliphatic heterocycles. The molecule has 0 unspecified atom stereocenters. The van der Waals surface area contributed by atoms with Crippen molar-refractivity contribution >= 4 is 16.9 Å². The van der Waals surface area contributed by atoms with E-state index in [-0.39, 0.29) is 0 Å². The molecule has 4 aromatic rings. The Labute approximate surface area is 181 Å². The predicted octanol–water partition coefficient (Wildman–Crippen LogP) is 3.40. The van der Waals surface area contributed by atoms with E-state index in [1.165, 1.54) is 5.56 Å². The average Bonchev–Trinajstić information content (AvgIpc) is 3.13. The summed E-state index contributed by atoms with van der Waals surface area (Å²) in [6, 6.07) is 20.1. The van der Waals surface area contributed by atoms with Crippen LogP contribution in [0.4, 0.5) is 5.82 Å². The molecule has 0 saturated carbocycles. The number of hydrogen-bond acceptors (Lipinski definition) is 6. The summed E-state index contributed by atoms with van der Waals surface area (Å²) in [7, 11) is 0. The number of anilines is 1. The highest BCUT2D eigenvalue weighted by molar-refractivity contribution is 5.87. The highest BCUT2D eigenvalue weighted by atomic mass is 15.3. The summed E-state index contributed by atoms with van der Waals surface area (Å²) in [5.41, 5.74) is 3.76. The summed E-state index contributed by atoms with van der Waals surface area (Å²) in [4.78, 5) is 13.9. The third-order valence-corrected chi connectivity index (χ3v) is 5.72. The fourth-order valence-corrected chi connectivity index (χ4v) is 4.13. The Kier molecular flexibility index (Phi) is 5.29. The molecule has 2 aromatic heterocycles. The second kappa shape index (κ2) is 8.54. The Morgan fingerprint density at radius 3 is 2.55 bits per heavy atom. The van der Waals surface area contributed by atoms with E-state index in [1.54, 1.807) is 6.33 Å². The molecule has 1 fully saturated rings. The molecule has 5 rings (SSSR count). The van der Waals surface area contributed by atoms with Crippen LogP contribution in [-0.2, 0) is 6.54 Å². The summed E-state index contributed by atoms with van der Waals surface area (Å²) < 4.78 is 1.87. The Morgan fingerprint density at radius 2 is 1.74 bits per heavy atom. The van der Waals surface area contributed by atoms with E-state index in [1.807, 2.05) is 65.5 Å². The van der Waals surface area contributed by atoms with Gasteiger partial charge in [0, 0.05) is 32.7 Å². The minimum atomic E-state index is 0.703. The lowest BCUT2D eigenvalue weighted by atomic mass is 10.1. The smallest absolute Gasteiger partial charge is 0.168 e. The van der Waals surface area contributed by atoms with Crippen molar-refractivity contribution in [1.29, 1.82) is 5.26 Å². The van der Waals surface area contributed by atoms with E-state index < -0.39 is 0 Å². The van der Waals surface area contributed by atoms with Crippen LogP contribution in [-0.4, -0.2) is 50.8 Å². The van der Waals surface area contributed by atoms with Crippen molar-refractivity contribution in [2.75, 3.05) is 31.1 Å². The zero-order chi connectivity index (χ0) is 21.0. The summed E-state index contributed by atoms with van der Waals surface area (Å²) in [5, 5.41) is 14.5. The summed E-state index contributed by atoms with van der Waals surface area (Å²) in [5.74, 6) is 0.951. The van der Waals surface area contributed by atoms with E-state index in [0.717, 1.165) is 61.7 Å². The van der Waals surface area contributed by atoms with Crippen molar-refractivity contribution in [2.24, 2.45) is 0 Å². The van der Waals surface area contributed by atoms with Crippen molar-refractivity contribution in [1.82, 2.24) is 24.6 Å². The van der Waals surface area contributed by atoms with Gasteiger partial charge < -0.3 is 4.90 Å². The third kappa shape index (κ3) is 3.98. The van der Waals surface area contributed by atoms with Crippen LogP contribution in [0, 0.1) is 11.3 Å². The number of nitriles is 1. The molecule has 0 N–H and O–H groups in total. The van der Waals surface area contributed by atoms with E-state index in [4.69, 9.17) is 5.26 Å². The van der Waals surface area contributed by atoms with Crippen molar-refractivity contribution in [3.8, 4) is 11.8 Å². The maximum Gasteiger partial charge on any atom is 0.168 e. The number of aromatic nitrogens is 4. The van der Waals surface area contributed by atoms with Crippen LogP contribution in [0.15, 0.2) is 67.1 Å². The van der Waals surface area contributed by atoms with Gasteiger partial charge in [-0.1, -0.05) is 30.3 Å². The van der Waals surface area contributed by atoms with Crippen LogP contribution >= 0.6 is 0 Å². The average molecular weight is 409 g/mol. The number of hydrogen-bond donors (Lipinski definition) is 0. The molecule has 0 spiro atoms. The Bertz CT molecular complexity index is 1210. The lowest BCUT2D eigenvalue weighted by Gasteiger charge is -2.23. The minimum Gasteiger partial charge on any atom is -0.355 e. The van der Waals surface area contributed by atoms with Crippen LogP contribution in [0.3, 0.4) is 0 Å². The standard InChI is InChI=1S/C24H23N7/c25-15-19-7-9-20(10-8-19)17-29-11-4-12-30(14-13-29)23-22-16-28-31(24(22)27-18-26-23)21-5-2-1-3-6-21/h1-3,5-10,16,18H,4,11-14,17H2. The monoisotopic (exact) mass is 409 g/mol. The minimum absolute atomic E-state index is 0.703. The lowest BCUT2D eigenvalue weighted by Crippen LogP contribution is -2.31. The second-order valence-electron chi connectivity index (χ2n) is 7.75. The van der Waals surface area contributed by atoms with Crippen LogP contribution < -0.4 is 4.90 Å². The highest BCUT2D eigenvalue weighted by Gasteiger charge is 2.20. The molecule has 7 heteroatoms. The molecule has 7 nitrogen and oxygen atoms in total. The predicted molar refractivity (Wildman–Crippen MR) is 120 cm³/mol. The Morgan fingerprint density at radius 1 is 0.903 bits per heavy atom. The fourth-order valence-electron chi connectivity index (χ4n) is 4.13. The number of fused-ring (bicyclic) bond motifs is 1. The molecular weight excluding hydrogens is 386 g/mol. The van der Waals surface area contributed by atoms with Gasteiger partial charge >= 0.3 is 0 Å². The molecule has 3 heterocycles.